The molecule has 0 aromatic heterocycles. The summed E-state index contributed by atoms with van der Waals surface area (Å²) in [4.78, 5) is 9.73. The van der Waals surface area contributed by atoms with Crippen molar-refractivity contribution in [1.82, 2.24) is 0 Å². The van der Waals surface area contributed by atoms with Gasteiger partial charge in [0, 0.05) is 12.5 Å². The predicted octanol–water partition coefficient (Wildman–Crippen LogP) is -0.672. The molecular formula is C5H8O4. The summed E-state index contributed by atoms with van der Waals surface area (Å²) in [6.45, 7) is 0. The van der Waals surface area contributed by atoms with Gasteiger partial charge in [0.2, 0.25) is 0 Å². The van der Waals surface area contributed by atoms with Crippen molar-refractivity contribution in [3.63, 3.8) is 0 Å². The molecule has 0 bridgehead atoms. The molecule has 9 heavy (non-hydrogen) atoms. The van der Waals surface area contributed by atoms with Gasteiger partial charge in [0.1, 0.15) is 0 Å². The van der Waals surface area contributed by atoms with Crippen LogP contribution in [-0.2, 0) is 4.79 Å². The van der Waals surface area contributed by atoms with Gasteiger partial charge in [-0.05, 0) is 0 Å². The van der Waals surface area contributed by atoms with Crippen LogP contribution in [0.5, 0.6) is 0 Å². The monoisotopic (exact) mass is 132 g/mol. The molecule has 0 saturated heterocycles. The maximum Gasteiger partial charge on any atom is 0.327 e. The van der Waals surface area contributed by atoms with Crippen molar-refractivity contribution in [2.24, 2.45) is 0 Å². The van der Waals surface area contributed by atoms with Crippen molar-refractivity contribution in [2.45, 2.75) is 12.7 Å². The Morgan fingerprint density at radius 1 is 1.56 bits per heavy atom. The van der Waals surface area contributed by atoms with Gasteiger partial charge in [0.25, 0.3) is 0 Å². The van der Waals surface area contributed by atoms with Gasteiger partial charge in [0.15, 0.2) is 6.29 Å². The number of aliphatic hydroxyl groups excluding tert-OH is 1. The number of rotatable bonds is 3. The third-order valence-corrected chi connectivity index (χ3v) is 0.607. The molecule has 0 rings (SSSR count). The van der Waals surface area contributed by atoms with Crippen molar-refractivity contribution in [2.75, 3.05) is 0 Å². The summed E-state index contributed by atoms with van der Waals surface area (Å²) in [6.07, 6.45) is 0.527. The quantitative estimate of drug-likeness (QED) is 0.351. The van der Waals surface area contributed by atoms with E-state index in [9.17, 15) is 4.79 Å². The van der Waals surface area contributed by atoms with E-state index in [1.165, 1.54) is 6.08 Å². The number of aliphatic hydroxyl groups is 2. The molecule has 0 unspecified atom stereocenters. The lowest BCUT2D eigenvalue weighted by Gasteiger charge is -1.93. The van der Waals surface area contributed by atoms with Crippen molar-refractivity contribution in [1.29, 1.82) is 0 Å². The standard InChI is InChI=1S/C5H8O4/c6-4(7)2-1-3-5(8)9/h1-2,5,8-9H,3H2,(H,6,7). The van der Waals surface area contributed by atoms with E-state index in [0.29, 0.717) is 0 Å². The zero-order chi connectivity index (χ0) is 7.28. The second kappa shape index (κ2) is 4.05. The summed E-state index contributed by atoms with van der Waals surface area (Å²) in [5.74, 6) is -1.09. The first-order valence-electron chi connectivity index (χ1n) is 2.38. The van der Waals surface area contributed by atoms with E-state index < -0.39 is 12.3 Å². The first kappa shape index (κ1) is 8.13. The third kappa shape index (κ3) is 7.13. The molecule has 0 aliphatic heterocycles. The van der Waals surface area contributed by atoms with E-state index in [2.05, 4.69) is 0 Å². The average molecular weight is 132 g/mol. The van der Waals surface area contributed by atoms with Crippen molar-refractivity contribution in [3.05, 3.63) is 12.2 Å². The second-order valence-corrected chi connectivity index (χ2v) is 1.46. The topological polar surface area (TPSA) is 77.8 Å². The molecule has 3 N–H and O–H groups in total. The summed E-state index contributed by atoms with van der Waals surface area (Å²) in [7, 11) is 0. The van der Waals surface area contributed by atoms with Gasteiger partial charge in [-0.1, -0.05) is 6.08 Å². The van der Waals surface area contributed by atoms with Gasteiger partial charge in [-0.2, -0.15) is 0 Å². The predicted molar refractivity (Wildman–Crippen MR) is 29.6 cm³/mol. The first-order valence-corrected chi connectivity index (χ1v) is 2.38. The molecule has 0 radical (unpaired) electrons. The van der Waals surface area contributed by atoms with Crippen molar-refractivity contribution in [3.8, 4) is 0 Å². The molecule has 0 heterocycles. The molecule has 0 aliphatic carbocycles. The zero-order valence-electron chi connectivity index (χ0n) is 4.69. The highest BCUT2D eigenvalue weighted by molar-refractivity contribution is 5.79. The average Bonchev–Trinajstić information content (AvgIpc) is 1.63. The van der Waals surface area contributed by atoms with Crippen LogP contribution < -0.4 is 0 Å². The molecule has 0 aromatic carbocycles. The van der Waals surface area contributed by atoms with E-state index in [4.69, 9.17) is 15.3 Å². The van der Waals surface area contributed by atoms with Crippen LogP contribution in [0.2, 0.25) is 0 Å². The van der Waals surface area contributed by atoms with E-state index in [1.807, 2.05) is 0 Å². The van der Waals surface area contributed by atoms with Gasteiger partial charge in [0.05, 0.1) is 0 Å². The Kier molecular flexibility index (Phi) is 3.66. The molecule has 0 aromatic rings. The van der Waals surface area contributed by atoms with E-state index >= 15 is 0 Å². The summed E-state index contributed by atoms with van der Waals surface area (Å²) in [6, 6.07) is 0. The van der Waals surface area contributed by atoms with Crippen LogP contribution >= 0.6 is 0 Å². The van der Waals surface area contributed by atoms with Crippen LogP contribution in [0.1, 0.15) is 6.42 Å². The Labute approximate surface area is 52.1 Å². The van der Waals surface area contributed by atoms with Gasteiger partial charge in [-0.25, -0.2) is 4.79 Å². The highest BCUT2D eigenvalue weighted by Crippen LogP contribution is 1.86. The molecule has 0 spiro atoms. The summed E-state index contributed by atoms with van der Waals surface area (Å²) >= 11 is 0. The first-order chi connectivity index (χ1) is 4.13. The number of carboxylic acids is 1. The Balaban J connectivity index is 3.36. The number of aliphatic carboxylic acids is 1. The molecular weight excluding hydrogens is 124 g/mol. The van der Waals surface area contributed by atoms with Gasteiger partial charge in [-0.15, -0.1) is 0 Å². The highest BCUT2D eigenvalue weighted by atomic mass is 16.5. The van der Waals surface area contributed by atoms with E-state index in [0.717, 1.165) is 6.08 Å². The fourth-order valence-electron chi connectivity index (χ4n) is 0.291. The summed E-state index contributed by atoms with van der Waals surface area (Å²) in [5, 5.41) is 24.3. The lowest BCUT2D eigenvalue weighted by molar-refractivity contribution is -0.131. The Morgan fingerprint density at radius 2 is 2.11 bits per heavy atom. The van der Waals surface area contributed by atoms with Crippen LogP contribution in [0, 0.1) is 0 Å². The van der Waals surface area contributed by atoms with Crippen molar-refractivity contribution >= 4 is 5.97 Å². The van der Waals surface area contributed by atoms with Crippen LogP contribution in [-0.4, -0.2) is 27.6 Å². The van der Waals surface area contributed by atoms with Crippen LogP contribution in [0.4, 0.5) is 0 Å². The minimum Gasteiger partial charge on any atom is -0.478 e. The molecule has 52 valence electrons. The maximum absolute atomic E-state index is 9.73. The minimum absolute atomic E-state index is 0.0493. The van der Waals surface area contributed by atoms with Crippen LogP contribution in [0.25, 0.3) is 0 Å². The number of hydrogen-bond acceptors (Lipinski definition) is 3. The van der Waals surface area contributed by atoms with Crippen molar-refractivity contribution < 1.29 is 20.1 Å². The Hall–Kier alpha value is -0.870. The second-order valence-electron chi connectivity index (χ2n) is 1.46. The molecule has 4 nitrogen and oxygen atoms in total. The summed E-state index contributed by atoms with van der Waals surface area (Å²) < 4.78 is 0. The molecule has 0 fully saturated rings. The fraction of sp³-hybridized carbons (Fsp3) is 0.400. The van der Waals surface area contributed by atoms with Crippen LogP contribution in [0.3, 0.4) is 0 Å². The van der Waals surface area contributed by atoms with Crippen LogP contribution in [0.15, 0.2) is 12.2 Å². The van der Waals surface area contributed by atoms with E-state index in [-0.39, 0.29) is 6.42 Å². The Bertz CT molecular complexity index is 116. The zero-order valence-corrected chi connectivity index (χ0v) is 4.69. The number of carbonyl (C=O) groups is 1. The minimum atomic E-state index is -1.46. The number of carboxylic acid groups (broad SMARTS) is 1. The largest absolute Gasteiger partial charge is 0.478 e. The molecule has 0 atom stereocenters. The summed E-state index contributed by atoms with van der Waals surface area (Å²) in [5.41, 5.74) is 0. The van der Waals surface area contributed by atoms with Gasteiger partial charge < -0.3 is 15.3 Å². The molecule has 4 heteroatoms. The van der Waals surface area contributed by atoms with Gasteiger partial charge in [-0.3, -0.25) is 0 Å². The SMILES string of the molecule is O=C(O)C=CCC(O)O. The van der Waals surface area contributed by atoms with Gasteiger partial charge >= 0.3 is 5.97 Å². The smallest absolute Gasteiger partial charge is 0.327 e. The molecule has 0 amide bonds. The van der Waals surface area contributed by atoms with E-state index in [1.54, 1.807) is 0 Å². The third-order valence-electron chi connectivity index (χ3n) is 0.607. The lowest BCUT2D eigenvalue weighted by Crippen LogP contribution is -2.01. The maximum atomic E-state index is 9.73. The lowest BCUT2D eigenvalue weighted by atomic mass is 10.4. The highest BCUT2D eigenvalue weighted by Gasteiger charge is 1.91. The Morgan fingerprint density at radius 3 is 2.44 bits per heavy atom. The number of hydrogen-bond donors (Lipinski definition) is 3. The fourth-order valence-corrected chi connectivity index (χ4v) is 0.291. The molecule has 0 aliphatic rings. The normalized spacial score (nSPS) is 11.0. The molecule has 0 saturated carbocycles.